The van der Waals surface area contributed by atoms with E-state index in [1.54, 1.807) is 19.3 Å². The van der Waals surface area contributed by atoms with Crippen LogP contribution >= 0.6 is 0 Å². The molecule has 1 aromatic heterocycles. The molecule has 0 aliphatic carbocycles. The Kier molecular flexibility index (Phi) is 6.01. The summed E-state index contributed by atoms with van der Waals surface area (Å²) >= 11 is 0. The van der Waals surface area contributed by atoms with Crippen LogP contribution in [0.5, 0.6) is 0 Å². The van der Waals surface area contributed by atoms with Crippen molar-refractivity contribution in [1.82, 2.24) is 14.2 Å². The minimum atomic E-state index is -3.42. The maximum absolute atomic E-state index is 12.7. The Balaban J connectivity index is 3.05. The van der Waals surface area contributed by atoms with Crippen molar-refractivity contribution in [2.75, 3.05) is 20.1 Å². The highest BCUT2D eigenvalue weighted by molar-refractivity contribution is 7.89. The zero-order chi connectivity index (χ0) is 16.3. The number of hydrogen-bond donors (Lipinski definition) is 1. The fourth-order valence-electron chi connectivity index (χ4n) is 2.29. The molecule has 1 rings (SSSR count). The van der Waals surface area contributed by atoms with Crippen molar-refractivity contribution in [3.63, 3.8) is 0 Å². The average Bonchev–Trinajstić information content (AvgIpc) is 2.78. The minimum absolute atomic E-state index is 0.0677. The zero-order valence-electron chi connectivity index (χ0n) is 14.1. The van der Waals surface area contributed by atoms with E-state index in [1.165, 1.54) is 4.31 Å². The topological polar surface area (TPSA) is 54.3 Å². The van der Waals surface area contributed by atoms with Gasteiger partial charge in [-0.2, -0.15) is 0 Å². The maximum atomic E-state index is 12.7. The number of aryl methyl sites for hydroxylation is 1. The van der Waals surface area contributed by atoms with Gasteiger partial charge in [-0.25, -0.2) is 12.7 Å². The van der Waals surface area contributed by atoms with Gasteiger partial charge in [0, 0.05) is 38.6 Å². The van der Waals surface area contributed by atoms with Crippen LogP contribution < -0.4 is 5.32 Å². The van der Waals surface area contributed by atoms with Gasteiger partial charge in [-0.15, -0.1) is 0 Å². The first-order valence-electron chi connectivity index (χ1n) is 7.48. The summed E-state index contributed by atoms with van der Waals surface area (Å²) in [4.78, 5) is 0.379. The highest BCUT2D eigenvalue weighted by atomic mass is 32.2. The Labute approximate surface area is 129 Å². The predicted molar refractivity (Wildman–Crippen MR) is 86.8 cm³/mol. The normalized spacial score (nSPS) is 13.1. The van der Waals surface area contributed by atoms with Crippen LogP contribution in [0.25, 0.3) is 0 Å². The third-order valence-electron chi connectivity index (χ3n) is 3.26. The summed E-state index contributed by atoms with van der Waals surface area (Å²) < 4.78 is 28.7. The molecule has 5 nitrogen and oxygen atoms in total. The molecule has 122 valence electrons. The maximum Gasteiger partial charge on any atom is 0.244 e. The molecule has 0 aromatic carbocycles. The van der Waals surface area contributed by atoms with E-state index in [4.69, 9.17) is 0 Å². The molecule has 0 saturated heterocycles. The summed E-state index contributed by atoms with van der Waals surface area (Å²) in [5, 5.41) is 3.24. The van der Waals surface area contributed by atoms with E-state index in [-0.39, 0.29) is 5.41 Å². The van der Waals surface area contributed by atoms with Crippen LogP contribution in [0.3, 0.4) is 0 Å². The number of nitrogens with zero attached hydrogens (tertiary/aromatic N) is 2. The third-order valence-corrected chi connectivity index (χ3v) is 5.03. The lowest BCUT2D eigenvalue weighted by atomic mass is 9.97. The molecular formula is C15H29N3O2S. The van der Waals surface area contributed by atoms with Gasteiger partial charge in [0.1, 0.15) is 4.90 Å². The monoisotopic (exact) mass is 315 g/mol. The van der Waals surface area contributed by atoms with Crippen LogP contribution in [0.2, 0.25) is 0 Å². The molecule has 0 fully saturated rings. The molecule has 0 aliphatic rings. The SMILES string of the molecule is CCNCc1cc(S(=O)(=O)N(C)CC(C)(C)C)cn1CC. The van der Waals surface area contributed by atoms with Gasteiger partial charge in [-0.05, 0) is 24.9 Å². The molecule has 21 heavy (non-hydrogen) atoms. The number of sulfonamides is 1. The van der Waals surface area contributed by atoms with Crippen LogP contribution in [0.4, 0.5) is 0 Å². The second-order valence-corrected chi connectivity index (χ2v) is 8.60. The fraction of sp³-hybridized carbons (Fsp3) is 0.733. The lowest BCUT2D eigenvalue weighted by Gasteiger charge is -2.25. The number of nitrogens with one attached hydrogen (secondary N) is 1. The van der Waals surface area contributed by atoms with Crippen LogP contribution in [0.15, 0.2) is 17.2 Å². The smallest absolute Gasteiger partial charge is 0.244 e. The molecule has 0 unspecified atom stereocenters. The molecule has 1 N–H and O–H groups in total. The number of aromatic nitrogens is 1. The fourth-order valence-corrected chi connectivity index (χ4v) is 3.76. The largest absolute Gasteiger partial charge is 0.349 e. The summed E-state index contributed by atoms with van der Waals surface area (Å²) in [6, 6.07) is 1.78. The van der Waals surface area contributed by atoms with Gasteiger partial charge in [0.05, 0.1) is 0 Å². The van der Waals surface area contributed by atoms with Crippen LogP contribution in [-0.4, -0.2) is 37.4 Å². The molecule has 1 heterocycles. The number of rotatable bonds is 7. The van der Waals surface area contributed by atoms with E-state index in [2.05, 4.69) is 5.32 Å². The van der Waals surface area contributed by atoms with E-state index in [0.29, 0.717) is 18.0 Å². The predicted octanol–water partition coefficient (Wildman–Crippen LogP) is 2.28. The van der Waals surface area contributed by atoms with E-state index in [9.17, 15) is 8.42 Å². The summed E-state index contributed by atoms with van der Waals surface area (Å²) in [6.45, 7) is 13.0. The first-order valence-corrected chi connectivity index (χ1v) is 8.92. The molecule has 6 heteroatoms. The number of hydrogen-bond acceptors (Lipinski definition) is 3. The van der Waals surface area contributed by atoms with E-state index in [0.717, 1.165) is 18.8 Å². The third kappa shape index (κ3) is 4.83. The molecule has 0 spiro atoms. The standard InChI is InChI=1S/C15H29N3O2S/c1-7-16-10-13-9-14(11-18(13)8-2)21(19,20)17(6)12-15(3,4)5/h9,11,16H,7-8,10,12H2,1-6H3. The van der Waals surface area contributed by atoms with Gasteiger partial charge in [0.15, 0.2) is 0 Å². The van der Waals surface area contributed by atoms with Gasteiger partial charge in [0.25, 0.3) is 0 Å². The molecule has 0 radical (unpaired) electrons. The van der Waals surface area contributed by atoms with Crippen molar-refractivity contribution >= 4 is 10.0 Å². The second kappa shape index (κ2) is 6.94. The van der Waals surface area contributed by atoms with Crippen molar-refractivity contribution < 1.29 is 8.42 Å². The van der Waals surface area contributed by atoms with Crippen molar-refractivity contribution in [1.29, 1.82) is 0 Å². The first kappa shape index (κ1) is 18.2. The lowest BCUT2D eigenvalue weighted by Crippen LogP contribution is -2.34. The molecule has 0 aliphatic heterocycles. The van der Waals surface area contributed by atoms with Crippen molar-refractivity contribution in [3.8, 4) is 0 Å². The second-order valence-electron chi connectivity index (χ2n) is 6.56. The average molecular weight is 315 g/mol. The molecule has 0 saturated carbocycles. The summed E-state index contributed by atoms with van der Waals surface area (Å²) in [7, 11) is -1.78. The van der Waals surface area contributed by atoms with E-state index < -0.39 is 10.0 Å². The van der Waals surface area contributed by atoms with Gasteiger partial charge in [0.2, 0.25) is 10.0 Å². The van der Waals surface area contributed by atoms with Crippen LogP contribution in [0.1, 0.15) is 40.3 Å². The van der Waals surface area contributed by atoms with Crippen molar-refractivity contribution in [2.45, 2.75) is 52.6 Å². The summed E-state index contributed by atoms with van der Waals surface area (Å²) in [5.74, 6) is 0. The van der Waals surface area contributed by atoms with Crippen LogP contribution in [0, 0.1) is 5.41 Å². The van der Waals surface area contributed by atoms with E-state index in [1.807, 2.05) is 39.2 Å². The highest BCUT2D eigenvalue weighted by Crippen LogP contribution is 2.22. The quantitative estimate of drug-likeness (QED) is 0.840. The highest BCUT2D eigenvalue weighted by Gasteiger charge is 2.26. The lowest BCUT2D eigenvalue weighted by molar-refractivity contribution is 0.311. The molecule has 1 aromatic rings. The molecule has 0 amide bonds. The summed E-state index contributed by atoms with van der Waals surface area (Å²) in [5.41, 5.74) is 0.934. The first-order chi connectivity index (χ1) is 9.61. The molecular weight excluding hydrogens is 286 g/mol. The Hall–Kier alpha value is -0.850. The molecule has 0 bridgehead atoms. The minimum Gasteiger partial charge on any atom is -0.349 e. The van der Waals surface area contributed by atoms with Gasteiger partial charge in [-0.1, -0.05) is 27.7 Å². The van der Waals surface area contributed by atoms with Gasteiger partial charge >= 0.3 is 0 Å². The Morgan fingerprint density at radius 2 is 1.90 bits per heavy atom. The Morgan fingerprint density at radius 1 is 1.29 bits per heavy atom. The Morgan fingerprint density at radius 3 is 2.38 bits per heavy atom. The van der Waals surface area contributed by atoms with Crippen molar-refractivity contribution in [3.05, 3.63) is 18.0 Å². The van der Waals surface area contributed by atoms with Gasteiger partial charge < -0.3 is 9.88 Å². The van der Waals surface area contributed by atoms with Crippen LogP contribution in [-0.2, 0) is 23.1 Å². The van der Waals surface area contributed by atoms with Crippen molar-refractivity contribution in [2.24, 2.45) is 5.41 Å². The Bertz CT molecular complexity index is 556. The van der Waals surface area contributed by atoms with Gasteiger partial charge in [-0.3, -0.25) is 0 Å². The zero-order valence-corrected chi connectivity index (χ0v) is 14.9. The summed E-state index contributed by atoms with van der Waals surface area (Å²) in [6.07, 6.45) is 1.74. The van der Waals surface area contributed by atoms with E-state index >= 15 is 0 Å². The molecule has 0 atom stereocenters.